The molecule has 2 heterocycles. The van der Waals surface area contributed by atoms with Crippen LogP contribution in [0.5, 0.6) is 0 Å². The van der Waals surface area contributed by atoms with Crippen molar-refractivity contribution >= 4 is 34.4 Å². The van der Waals surface area contributed by atoms with Gasteiger partial charge in [-0.1, -0.05) is 53.7 Å². The Hall–Kier alpha value is -2.24. The molecular weight excluding hydrogens is 352 g/mol. The average molecular weight is 369 g/mol. The largest absolute Gasteiger partial charge is 0.329 e. The van der Waals surface area contributed by atoms with Crippen LogP contribution in [0.4, 0.5) is 0 Å². The van der Waals surface area contributed by atoms with Crippen LogP contribution in [0, 0.1) is 0 Å². The van der Waals surface area contributed by atoms with Gasteiger partial charge in [0, 0.05) is 31.0 Å². The third-order valence-corrected chi connectivity index (χ3v) is 5.37. The summed E-state index contributed by atoms with van der Waals surface area (Å²) in [4.78, 5) is 9.20. The summed E-state index contributed by atoms with van der Waals surface area (Å²) in [5, 5.41) is 1.69. The number of hydrogen-bond donors (Lipinski definition) is 0. The number of imidazole rings is 2. The lowest BCUT2D eigenvalue weighted by molar-refractivity contribution is 0.770. The first-order chi connectivity index (χ1) is 12.2. The maximum atomic E-state index is 6.15. The van der Waals surface area contributed by atoms with Gasteiger partial charge in [0.1, 0.15) is 5.82 Å². The Labute approximate surface area is 155 Å². The quantitative estimate of drug-likeness (QED) is 0.476. The minimum absolute atomic E-state index is 0.708. The lowest BCUT2D eigenvalue weighted by Crippen LogP contribution is -2.04. The van der Waals surface area contributed by atoms with Crippen LogP contribution >= 0.6 is 23.4 Å². The van der Waals surface area contributed by atoms with Crippen LogP contribution in [-0.2, 0) is 19.3 Å². The molecule has 0 atom stereocenters. The molecular formula is C19H17ClN4S. The summed E-state index contributed by atoms with van der Waals surface area (Å²) in [6, 6.07) is 16.3. The van der Waals surface area contributed by atoms with E-state index in [4.69, 9.17) is 16.6 Å². The number of benzene rings is 2. The van der Waals surface area contributed by atoms with E-state index in [0.29, 0.717) is 5.02 Å². The number of halogens is 1. The second-order valence-corrected chi connectivity index (χ2v) is 7.22. The molecule has 126 valence electrons. The van der Waals surface area contributed by atoms with E-state index < -0.39 is 0 Å². The van der Waals surface area contributed by atoms with Gasteiger partial charge in [0.25, 0.3) is 0 Å². The van der Waals surface area contributed by atoms with Gasteiger partial charge in [-0.25, -0.2) is 9.97 Å². The van der Waals surface area contributed by atoms with E-state index in [2.05, 4.69) is 33.8 Å². The van der Waals surface area contributed by atoms with Crippen molar-refractivity contribution in [3.05, 3.63) is 77.3 Å². The van der Waals surface area contributed by atoms with Gasteiger partial charge in [-0.15, -0.1) is 0 Å². The van der Waals surface area contributed by atoms with Gasteiger partial charge < -0.3 is 9.13 Å². The smallest absolute Gasteiger partial charge is 0.168 e. The van der Waals surface area contributed by atoms with E-state index in [1.165, 1.54) is 5.56 Å². The highest BCUT2D eigenvalue weighted by Crippen LogP contribution is 2.26. The standard InChI is InChI=1S/C19H17ClN4S/c1-23-10-9-21-19(23)25-13-18-22-16-11-15(20)7-8-17(16)24(18)12-14-5-3-2-4-6-14/h2-11H,12-13H2,1H3. The summed E-state index contributed by atoms with van der Waals surface area (Å²) in [6.45, 7) is 0.787. The first-order valence-corrected chi connectivity index (χ1v) is 9.36. The maximum absolute atomic E-state index is 6.15. The van der Waals surface area contributed by atoms with E-state index in [1.807, 2.05) is 48.3 Å². The van der Waals surface area contributed by atoms with Crippen molar-refractivity contribution in [1.29, 1.82) is 0 Å². The van der Waals surface area contributed by atoms with Gasteiger partial charge in [0.2, 0.25) is 0 Å². The van der Waals surface area contributed by atoms with Crippen molar-refractivity contribution < 1.29 is 0 Å². The summed E-state index contributed by atoms with van der Waals surface area (Å²) in [7, 11) is 2.00. The van der Waals surface area contributed by atoms with Gasteiger partial charge in [-0.05, 0) is 23.8 Å². The number of rotatable bonds is 5. The van der Waals surface area contributed by atoms with Crippen LogP contribution in [0.25, 0.3) is 11.0 Å². The molecule has 4 nitrogen and oxygen atoms in total. The van der Waals surface area contributed by atoms with E-state index in [0.717, 1.165) is 34.3 Å². The second-order valence-electron chi connectivity index (χ2n) is 5.84. The van der Waals surface area contributed by atoms with Gasteiger partial charge in [0.05, 0.1) is 16.8 Å². The van der Waals surface area contributed by atoms with Crippen LogP contribution in [0.2, 0.25) is 5.02 Å². The minimum Gasteiger partial charge on any atom is -0.329 e. The molecule has 0 aliphatic heterocycles. The Morgan fingerprint density at radius 2 is 1.96 bits per heavy atom. The summed E-state index contributed by atoms with van der Waals surface area (Å²) >= 11 is 7.84. The molecule has 4 rings (SSSR count). The lowest BCUT2D eigenvalue weighted by Gasteiger charge is -2.09. The molecule has 0 saturated carbocycles. The first-order valence-electron chi connectivity index (χ1n) is 7.99. The molecule has 2 aromatic heterocycles. The number of thioether (sulfide) groups is 1. The SMILES string of the molecule is Cn1ccnc1SCc1nc2cc(Cl)ccc2n1Cc1ccccc1. The highest BCUT2D eigenvalue weighted by molar-refractivity contribution is 7.98. The van der Waals surface area contributed by atoms with Crippen LogP contribution in [0.1, 0.15) is 11.4 Å². The molecule has 0 radical (unpaired) electrons. The van der Waals surface area contributed by atoms with E-state index in [1.54, 1.807) is 11.8 Å². The molecule has 4 aromatic rings. The van der Waals surface area contributed by atoms with Gasteiger partial charge in [-0.2, -0.15) is 0 Å². The highest BCUT2D eigenvalue weighted by Gasteiger charge is 2.13. The molecule has 0 unspecified atom stereocenters. The maximum Gasteiger partial charge on any atom is 0.168 e. The van der Waals surface area contributed by atoms with Gasteiger partial charge >= 0.3 is 0 Å². The van der Waals surface area contributed by atoms with Crippen LogP contribution < -0.4 is 0 Å². The molecule has 0 N–H and O–H groups in total. The summed E-state index contributed by atoms with van der Waals surface area (Å²) in [5.41, 5.74) is 3.28. The molecule has 0 saturated heterocycles. The monoisotopic (exact) mass is 368 g/mol. The van der Waals surface area contributed by atoms with Crippen molar-refractivity contribution in [1.82, 2.24) is 19.1 Å². The Morgan fingerprint density at radius 1 is 1.12 bits per heavy atom. The number of hydrogen-bond acceptors (Lipinski definition) is 3. The summed E-state index contributed by atoms with van der Waals surface area (Å²) in [6.07, 6.45) is 3.77. The second kappa shape index (κ2) is 6.94. The van der Waals surface area contributed by atoms with E-state index in [9.17, 15) is 0 Å². The number of fused-ring (bicyclic) bond motifs is 1. The molecule has 0 aliphatic carbocycles. The van der Waals surface area contributed by atoms with Crippen LogP contribution in [0.3, 0.4) is 0 Å². The van der Waals surface area contributed by atoms with Crippen LogP contribution in [-0.4, -0.2) is 19.1 Å². The third kappa shape index (κ3) is 3.43. The van der Waals surface area contributed by atoms with Gasteiger partial charge in [-0.3, -0.25) is 0 Å². The third-order valence-electron chi connectivity index (χ3n) is 4.08. The minimum atomic E-state index is 0.708. The van der Waals surface area contributed by atoms with Crippen LogP contribution in [0.15, 0.2) is 66.1 Å². The highest BCUT2D eigenvalue weighted by atomic mass is 35.5. The molecule has 25 heavy (non-hydrogen) atoms. The molecule has 0 fully saturated rings. The topological polar surface area (TPSA) is 35.6 Å². The number of aryl methyl sites for hydroxylation is 1. The normalized spacial score (nSPS) is 11.3. The van der Waals surface area contributed by atoms with Gasteiger partial charge in [0.15, 0.2) is 5.16 Å². The molecule has 0 amide bonds. The first kappa shape index (κ1) is 16.2. The lowest BCUT2D eigenvalue weighted by atomic mass is 10.2. The Morgan fingerprint density at radius 3 is 2.72 bits per heavy atom. The Kier molecular flexibility index (Phi) is 4.51. The van der Waals surface area contributed by atoms with Crippen molar-refractivity contribution in [2.24, 2.45) is 7.05 Å². The zero-order valence-corrected chi connectivity index (χ0v) is 15.3. The predicted molar refractivity (Wildman–Crippen MR) is 103 cm³/mol. The van der Waals surface area contributed by atoms with Crippen molar-refractivity contribution in [2.45, 2.75) is 17.5 Å². The zero-order chi connectivity index (χ0) is 17.2. The summed E-state index contributed by atoms with van der Waals surface area (Å²) in [5.74, 6) is 1.78. The fourth-order valence-electron chi connectivity index (χ4n) is 2.83. The zero-order valence-electron chi connectivity index (χ0n) is 13.8. The molecule has 0 bridgehead atoms. The van der Waals surface area contributed by atoms with Crippen molar-refractivity contribution in [3.63, 3.8) is 0 Å². The Bertz CT molecular complexity index is 1010. The van der Waals surface area contributed by atoms with E-state index >= 15 is 0 Å². The molecule has 0 spiro atoms. The summed E-state index contributed by atoms with van der Waals surface area (Å²) < 4.78 is 4.28. The number of nitrogens with zero attached hydrogens (tertiary/aromatic N) is 4. The fourth-order valence-corrected chi connectivity index (χ4v) is 3.87. The van der Waals surface area contributed by atoms with Crippen molar-refractivity contribution in [2.75, 3.05) is 0 Å². The molecule has 2 aromatic carbocycles. The van der Waals surface area contributed by atoms with E-state index in [-0.39, 0.29) is 0 Å². The Balaban J connectivity index is 1.71. The fraction of sp³-hybridized carbons (Fsp3) is 0.158. The average Bonchev–Trinajstić information content (AvgIpc) is 3.17. The molecule has 6 heteroatoms. The molecule has 0 aliphatic rings. The predicted octanol–water partition coefficient (Wildman–Crippen LogP) is 4.76. The number of aromatic nitrogens is 4. The van der Waals surface area contributed by atoms with Crippen molar-refractivity contribution in [3.8, 4) is 0 Å².